The van der Waals surface area contributed by atoms with E-state index in [1.165, 1.54) is 0 Å². The van der Waals surface area contributed by atoms with E-state index in [0.717, 1.165) is 41.3 Å². The fourth-order valence-electron chi connectivity index (χ4n) is 3.07. The fraction of sp³-hybridized carbons (Fsp3) is 0.375. The average molecular weight is 349 g/mol. The summed E-state index contributed by atoms with van der Waals surface area (Å²) in [5, 5.41) is 10.2. The van der Waals surface area contributed by atoms with Crippen molar-refractivity contribution >= 4 is 15.9 Å². The highest BCUT2D eigenvalue weighted by atomic mass is 79.9. The lowest BCUT2D eigenvalue weighted by Crippen LogP contribution is -2.17. The first-order chi connectivity index (χ1) is 10.1. The molecule has 1 heterocycles. The molecule has 5 heteroatoms. The Balaban J connectivity index is 2.07. The molecule has 0 bridgehead atoms. The second-order valence-electron chi connectivity index (χ2n) is 5.59. The molecule has 1 aliphatic rings. The molecule has 1 aromatic carbocycles. The lowest BCUT2D eigenvalue weighted by molar-refractivity contribution is 0.436. The number of aromatic nitrogens is 2. The Hall–Kier alpha value is -1.62. The summed E-state index contributed by atoms with van der Waals surface area (Å²) in [6, 6.07) is 5.73. The lowest BCUT2D eigenvalue weighted by atomic mass is 9.99. The van der Waals surface area contributed by atoms with Gasteiger partial charge >= 0.3 is 0 Å². The zero-order chi connectivity index (χ0) is 15.0. The summed E-state index contributed by atoms with van der Waals surface area (Å²) in [4.78, 5) is 19.4. The molecule has 1 aliphatic carbocycles. The summed E-state index contributed by atoms with van der Waals surface area (Å²) < 4.78 is 0.970. The molecule has 0 saturated heterocycles. The van der Waals surface area contributed by atoms with Crippen molar-refractivity contribution in [3.63, 3.8) is 0 Å². The highest BCUT2D eigenvalue weighted by Gasteiger charge is 2.24. The summed E-state index contributed by atoms with van der Waals surface area (Å²) in [6.45, 7) is 1.95. The first-order valence-corrected chi connectivity index (χ1v) is 7.95. The second-order valence-corrected chi connectivity index (χ2v) is 6.51. The number of H-pyrrole nitrogens is 1. The van der Waals surface area contributed by atoms with Crippen LogP contribution in [0.1, 0.15) is 42.7 Å². The molecule has 3 rings (SSSR count). The predicted octanol–water partition coefficient (Wildman–Crippen LogP) is 3.87. The number of hydrogen-bond donors (Lipinski definition) is 2. The van der Waals surface area contributed by atoms with Crippen molar-refractivity contribution in [3.8, 4) is 17.3 Å². The van der Waals surface area contributed by atoms with E-state index >= 15 is 0 Å². The summed E-state index contributed by atoms with van der Waals surface area (Å²) in [5.74, 6) is 0.438. The van der Waals surface area contributed by atoms with E-state index in [1.54, 1.807) is 0 Å². The van der Waals surface area contributed by atoms with Crippen LogP contribution in [0, 0.1) is 6.92 Å². The molecule has 1 saturated carbocycles. The van der Waals surface area contributed by atoms with E-state index in [0.29, 0.717) is 11.4 Å². The van der Waals surface area contributed by atoms with Gasteiger partial charge in [-0.3, -0.25) is 4.79 Å². The van der Waals surface area contributed by atoms with Crippen LogP contribution in [0.5, 0.6) is 5.88 Å². The van der Waals surface area contributed by atoms with Crippen LogP contribution >= 0.6 is 15.9 Å². The second kappa shape index (κ2) is 5.64. The Bertz CT molecular complexity index is 734. The van der Waals surface area contributed by atoms with E-state index in [1.807, 2.05) is 25.1 Å². The molecule has 1 aromatic heterocycles. The van der Waals surface area contributed by atoms with E-state index in [9.17, 15) is 9.90 Å². The molecule has 1 fully saturated rings. The van der Waals surface area contributed by atoms with Gasteiger partial charge in [0.25, 0.3) is 5.56 Å². The van der Waals surface area contributed by atoms with Crippen LogP contribution < -0.4 is 5.56 Å². The molecule has 4 nitrogen and oxygen atoms in total. The van der Waals surface area contributed by atoms with Crippen LogP contribution in [0.25, 0.3) is 11.4 Å². The van der Waals surface area contributed by atoms with Crippen molar-refractivity contribution in [2.45, 2.75) is 38.5 Å². The molecule has 110 valence electrons. The first-order valence-electron chi connectivity index (χ1n) is 7.16. The number of rotatable bonds is 2. The standard InChI is InChI=1S/C16H17BrN2O2/c1-9-8-11(17)6-7-12(9)14-18-15(20)13(16(21)19-14)10-4-2-3-5-10/h6-8,10H,2-5H2,1H3,(H2,18,19,20,21). The Morgan fingerprint density at radius 3 is 2.67 bits per heavy atom. The number of nitrogens with zero attached hydrogens (tertiary/aromatic N) is 1. The minimum Gasteiger partial charge on any atom is -0.493 e. The Morgan fingerprint density at radius 2 is 2.05 bits per heavy atom. The van der Waals surface area contributed by atoms with Gasteiger partial charge in [0, 0.05) is 10.0 Å². The summed E-state index contributed by atoms with van der Waals surface area (Å²) in [6.07, 6.45) is 4.12. The van der Waals surface area contributed by atoms with Crippen LogP contribution in [0.2, 0.25) is 0 Å². The number of halogens is 1. The fourth-order valence-corrected chi connectivity index (χ4v) is 3.55. The minimum atomic E-state index is -0.216. The molecule has 0 radical (unpaired) electrons. The Labute approximate surface area is 131 Å². The third kappa shape index (κ3) is 2.75. The SMILES string of the molecule is Cc1cc(Br)ccc1-c1nc(O)c(C2CCCC2)c(=O)[nH]1. The van der Waals surface area contributed by atoms with Gasteiger partial charge in [-0.2, -0.15) is 4.98 Å². The maximum atomic E-state index is 12.3. The summed E-state index contributed by atoms with van der Waals surface area (Å²) >= 11 is 3.41. The van der Waals surface area contributed by atoms with Gasteiger partial charge in [-0.15, -0.1) is 0 Å². The minimum absolute atomic E-state index is 0.122. The van der Waals surface area contributed by atoms with Gasteiger partial charge in [-0.25, -0.2) is 0 Å². The van der Waals surface area contributed by atoms with E-state index in [2.05, 4.69) is 25.9 Å². The summed E-state index contributed by atoms with van der Waals surface area (Å²) in [7, 11) is 0. The molecule has 0 atom stereocenters. The van der Waals surface area contributed by atoms with Crippen LogP contribution in [-0.4, -0.2) is 15.1 Å². The number of hydrogen-bond acceptors (Lipinski definition) is 3. The number of aromatic hydroxyl groups is 1. The van der Waals surface area contributed by atoms with Crippen molar-refractivity contribution in [3.05, 3.63) is 44.2 Å². The van der Waals surface area contributed by atoms with Crippen LogP contribution in [0.4, 0.5) is 0 Å². The Kier molecular flexibility index (Phi) is 3.85. The van der Waals surface area contributed by atoms with Crippen LogP contribution in [0.15, 0.2) is 27.5 Å². The first kappa shape index (κ1) is 14.3. The number of nitrogens with one attached hydrogen (secondary N) is 1. The zero-order valence-electron chi connectivity index (χ0n) is 11.8. The third-order valence-electron chi connectivity index (χ3n) is 4.14. The number of aryl methyl sites for hydroxylation is 1. The van der Waals surface area contributed by atoms with Gasteiger partial charge in [0.1, 0.15) is 5.82 Å². The van der Waals surface area contributed by atoms with Crippen molar-refractivity contribution in [1.82, 2.24) is 9.97 Å². The molecule has 0 aliphatic heterocycles. The van der Waals surface area contributed by atoms with E-state index in [-0.39, 0.29) is 17.4 Å². The Morgan fingerprint density at radius 1 is 1.33 bits per heavy atom. The maximum absolute atomic E-state index is 12.3. The number of benzene rings is 1. The normalized spacial score (nSPS) is 15.5. The van der Waals surface area contributed by atoms with Gasteiger partial charge in [0.2, 0.25) is 5.88 Å². The van der Waals surface area contributed by atoms with Crippen molar-refractivity contribution in [1.29, 1.82) is 0 Å². The summed E-state index contributed by atoms with van der Waals surface area (Å²) in [5.41, 5.74) is 2.04. The maximum Gasteiger partial charge on any atom is 0.258 e. The van der Waals surface area contributed by atoms with Crippen molar-refractivity contribution in [2.24, 2.45) is 0 Å². The van der Waals surface area contributed by atoms with Gasteiger partial charge in [0.15, 0.2) is 0 Å². The number of aromatic amines is 1. The molecule has 0 spiro atoms. The van der Waals surface area contributed by atoms with Crippen LogP contribution in [0.3, 0.4) is 0 Å². The van der Waals surface area contributed by atoms with Gasteiger partial charge < -0.3 is 10.1 Å². The smallest absolute Gasteiger partial charge is 0.258 e. The third-order valence-corrected chi connectivity index (χ3v) is 4.64. The topological polar surface area (TPSA) is 66.0 Å². The van der Waals surface area contributed by atoms with Crippen LogP contribution in [-0.2, 0) is 0 Å². The highest BCUT2D eigenvalue weighted by molar-refractivity contribution is 9.10. The molecular weight excluding hydrogens is 332 g/mol. The quantitative estimate of drug-likeness (QED) is 0.865. The molecular formula is C16H17BrN2O2. The zero-order valence-corrected chi connectivity index (χ0v) is 13.4. The lowest BCUT2D eigenvalue weighted by Gasteiger charge is -2.12. The molecule has 0 amide bonds. The van der Waals surface area contributed by atoms with Crippen molar-refractivity contribution in [2.75, 3.05) is 0 Å². The van der Waals surface area contributed by atoms with Gasteiger partial charge in [0.05, 0.1) is 5.56 Å². The van der Waals surface area contributed by atoms with E-state index < -0.39 is 0 Å². The largest absolute Gasteiger partial charge is 0.493 e. The molecule has 2 N–H and O–H groups in total. The highest BCUT2D eigenvalue weighted by Crippen LogP contribution is 2.36. The molecule has 0 unspecified atom stereocenters. The molecule has 2 aromatic rings. The predicted molar refractivity (Wildman–Crippen MR) is 85.6 cm³/mol. The molecule has 21 heavy (non-hydrogen) atoms. The average Bonchev–Trinajstić information content (AvgIpc) is 2.91. The van der Waals surface area contributed by atoms with E-state index in [4.69, 9.17) is 0 Å². The van der Waals surface area contributed by atoms with Gasteiger partial charge in [-0.1, -0.05) is 28.8 Å². The van der Waals surface area contributed by atoms with Gasteiger partial charge in [-0.05, 0) is 49.4 Å². The monoisotopic (exact) mass is 348 g/mol. The van der Waals surface area contributed by atoms with Crippen molar-refractivity contribution < 1.29 is 5.11 Å².